The zero-order chi connectivity index (χ0) is 18.1. The van der Waals surface area contributed by atoms with Crippen LogP contribution in [0, 0.1) is 0 Å². The number of nitrogens with zero attached hydrogens (tertiary/aromatic N) is 4. The van der Waals surface area contributed by atoms with Gasteiger partial charge in [0, 0.05) is 36.9 Å². The summed E-state index contributed by atoms with van der Waals surface area (Å²) in [5.41, 5.74) is 4.73. The lowest BCUT2D eigenvalue weighted by atomic mass is 10.1. The zero-order valence-electron chi connectivity index (χ0n) is 14.4. The molecule has 0 aliphatic heterocycles. The first-order valence-corrected chi connectivity index (χ1v) is 8.97. The van der Waals surface area contributed by atoms with Crippen LogP contribution in [0.5, 0.6) is 0 Å². The smallest absolute Gasteiger partial charge is 0.321 e. The summed E-state index contributed by atoms with van der Waals surface area (Å²) >= 11 is 1.59. The normalized spacial score (nSPS) is 10.8. The van der Waals surface area contributed by atoms with E-state index >= 15 is 0 Å². The van der Waals surface area contributed by atoms with Gasteiger partial charge in [-0.05, 0) is 24.3 Å². The number of nitrogens with one attached hydrogen (secondary N) is 1. The van der Waals surface area contributed by atoms with Crippen LogP contribution in [0.4, 0.5) is 10.5 Å². The molecule has 0 unspecified atom stereocenters. The second-order valence-corrected chi connectivity index (χ2v) is 6.89. The Morgan fingerprint density at radius 2 is 1.96 bits per heavy atom. The highest BCUT2D eigenvalue weighted by Gasteiger charge is 2.12. The molecule has 0 spiro atoms. The van der Waals surface area contributed by atoms with Crippen LogP contribution in [0.15, 0.2) is 60.2 Å². The standard InChI is InChI=1S/C19H17N5OS/c1-23(2)19(25)21-14-8-6-13(7-9-14)16-12-26-18(22-16)15-11-20-24-10-4-3-5-17(15)24/h3-12H,1-2H3,(H,21,25). The van der Waals surface area contributed by atoms with E-state index < -0.39 is 0 Å². The van der Waals surface area contributed by atoms with Gasteiger partial charge in [-0.1, -0.05) is 18.2 Å². The van der Waals surface area contributed by atoms with Gasteiger partial charge in [-0.15, -0.1) is 11.3 Å². The molecule has 0 aliphatic carbocycles. The van der Waals surface area contributed by atoms with E-state index in [0.29, 0.717) is 0 Å². The molecule has 6 nitrogen and oxygen atoms in total. The molecular formula is C19H17N5OS. The monoisotopic (exact) mass is 363 g/mol. The number of fused-ring (bicyclic) bond motifs is 1. The van der Waals surface area contributed by atoms with Crippen molar-refractivity contribution >= 4 is 28.6 Å². The van der Waals surface area contributed by atoms with E-state index in [1.165, 1.54) is 4.90 Å². The second-order valence-electron chi connectivity index (χ2n) is 6.03. The highest BCUT2D eigenvalue weighted by Crippen LogP contribution is 2.31. The van der Waals surface area contributed by atoms with Crippen molar-refractivity contribution in [2.75, 3.05) is 19.4 Å². The van der Waals surface area contributed by atoms with Crippen molar-refractivity contribution in [1.29, 1.82) is 0 Å². The SMILES string of the molecule is CN(C)C(=O)Nc1ccc(-c2csc(-c3cnn4ccccc34)n2)cc1. The summed E-state index contributed by atoms with van der Waals surface area (Å²) in [4.78, 5) is 18.0. The lowest BCUT2D eigenvalue weighted by Crippen LogP contribution is -2.27. The molecule has 0 bridgehead atoms. The van der Waals surface area contributed by atoms with E-state index in [1.54, 1.807) is 25.4 Å². The summed E-state index contributed by atoms with van der Waals surface area (Å²) in [5, 5.41) is 10.2. The number of amides is 2. The zero-order valence-corrected chi connectivity index (χ0v) is 15.2. The Hall–Kier alpha value is -3.19. The highest BCUT2D eigenvalue weighted by molar-refractivity contribution is 7.13. The number of anilines is 1. The molecule has 0 radical (unpaired) electrons. The molecule has 4 aromatic rings. The van der Waals surface area contributed by atoms with E-state index in [0.717, 1.165) is 33.0 Å². The fourth-order valence-corrected chi connectivity index (χ4v) is 3.44. The quantitative estimate of drug-likeness (QED) is 0.593. The molecule has 26 heavy (non-hydrogen) atoms. The van der Waals surface area contributed by atoms with Crippen molar-refractivity contribution in [3.8, 4) is 21.8 Å². The van der Waals surface area contributed by atoms with Crippen LogP contribution < -0.4 is 5.32 Å². The van der Waals surface area contributed by atoms with Crippen molar-refractivity contribution in [3.05, 3.63) is 60.2 Å². The maximum Gasteiger partial charge on any atom is 0.321 e. The van der Waals surface area contributed by atoms with Gasteiger partial charge < -0.3 is 10.2 Å². The summed E-state index contributed by atoms with van der Waals surface area (Å²) < 4.78 is 1.85. The fourth-order valence-electron chi connectivity index (χ4n) is 2.59. The number of rotatable bonds is 3. The highest BCUT2D eigenvalue weighted by atomic mass is 32.1. The van der Waals surface area contributed by atoms with Crippen LogP contribution in [0.1, 0.15) is 0 Å². The maximum atomic E-state index is 11.7. The summed E-state index contributed by atoms with van der Waals surface area (Å²) in [5.74, 6) is 0. The van der Waals surface area contributed by atoms with Gasteiger partial charge in [0.25, 0.3) is 0 Å². The number of pyridine rings is 1. The molecule has 7 heteroatoms. The third-order valence-corrected chi connectivity index (χ3v) is 4.87. The van der Waals surface area contributed by atoms with Crippen LogP contribution in [0.25, 0.3) is 27.3 Å². The van der Waals surface area contributed by atoms with Gasteiger partial charge in [0.1, 0.15) is 5.01 Å². The number of aromatic nitrogens is 3. The number of hydrogen-bond acceptors (Lipinski definition) is 4. The first kappa shape index (κ1) is 16.3. The topological polar surface area (TPSA) is 62.5 Å². The van der Waals surface area contributed by atoms with Gasteiger partial charge in [-0.3, -0.25) is 0 Å². The van der Waals surface area contributed by atoms with Crippen LogP contribution in [0.3, 0.4) is 0 Å². The Bertz CT molecular complexity index is 1060. The maximum absolute atomic E-state index is 11.7. The molecule has 3 aromatic heterocycles. The number of thiazole rings is 1. The van der Waals surface area contributed by atoms with Gasteiger partial charge in [-0.25, -0.2) is 14.3 Å². The lowest BCUT2D eigenvalue weighted by Gasteiger charge is -2.11. The largest absolute Gasteiger partial charge is 0.331 e. The Kier molecular flexibility index (Phi) is 4.14. The molecule has 1 aromatic carbocycles. The average molecular weight is 363 g/mol. The molecule has 0 saturated carbocycles. The molecular weight excluding hydrogens is 346 g/mol. The third-order valence-electron chi connectivity index (χ3n) is 4.00. The summed E-state index contributed by atoms with van der Waals surface area (Å²) in [7, 11) is 3.42. The predicted molar refractivity (Wildman–Crippen MR) is 104 cm³/mol. The van der Waals surface area contributed by atoms with E-state index in [2.05, 4.69) is 10.4 Å². The Balaban J connectivity index is 1.59. The first-order chi connectivity index (χ1) is 12.6. The molecule has 0 fully saturated rings. The van der Waals surface area contributed by atoms with Gasteiger partial charge in [-0.2, -0.15) is 5.10 Å². The summed E-state index contributed by atoms with van der Waals surface area (Å²) in [6.07, 6.45) is 3.77. The summed E-state index contributed by atoms with van der Waals surface area (Å²) in [6, 6.07) is 13.5. The van der Waals surface area contributed by atoms with Crippen LogP contribution in [-0.4, -0.2) is 39.6 Å². The van der Waals surface area contributed by atoms with Crippen molar-refractivity contribution in [2.45, 2.75) is 0 Å². The summed E-state index contributed by atoms with van der Waals surface area (Å²) in [6.45, 7) is 0. The van der Waals surface area contributed by atoms with Gasteiger partial charge in [0.15, 0.2) is 0 Å². The Morgan fingerprint density at radius 1 is 1.15 bits per heavy atom. The molecule has 0 saturated heterocycles. The van der Waals surface area contributed by atoms with Crippen molar-refractivity contribution in [1.82, 2.24) is 19.5 Å². The molecule has 3 heterocycles. The van der Waals surface area contributed by atoms with Crippen molar-refractivity contribution in [2.24, 2.45) is 0 Å². The van der Waals surface area contributed by atoms with Crippen molar-refractivity contribution < 1.29 is 4.79 Å². The van der Waals surface area contributed by atoms with Gasteiger partial charge in [0.05, 0.1) is 23.0 Å². The fraction of sp³-hybridized carbons (Fsp3) is 0.105. The molecule has 130 valence electrons. The number of urea groups is 1. The van der Waals surface area contributed by atoms with Crippen LogP contribution in [0.2, 0.25) is 0 Å². The minimum absolute atomic E-state index is 0.151. The predicted octanol–water partition coefficient (Wildman–Crippen LogP) is 4.22. The minimum Gasteiger partial charge on any atom is -0.331 e. The second kappa shape index (κ2) is 6.61. The number of carbonyl (C=O) groups excluding carboxylic acids is 1. The Labute approximate surface area is 154 Å². The average Bonchev–Trinajstić information content (AvgIpc) is 3.29. The van der Waals surface area contributed by atoms with Crippen LogP contribution in [-0.2, 0) is 0 Å². The van der Waals surface area contributed by atoms with E-state index in [1.807, 2.05) is 64.8 Å². The molecule has 0 aliphatic rings. The van der Waals surface area contributed by atoms with Gasteiger partial charge >= 0.3 is 6.03 Å². The number of hydrogen-bond donors (Lipinski definition) is 1. The third kappa shape index (κ3) is 3.04. The molecule has 1 N–H and O–H groups in total. The van der Waals surface area contributed by atoms with Crippen molar-refractivity contribution in [3.63, 3.8) is 0 Å². The number of benzene rings is 1. The Morgan fingerprint density at radius 3 is 2.73 bits per heavy atom. The van der Waals surface area contributed by atoms with E-state index in [9.17, 15) is 4.79 Å². The van der Waals surface area contributed by atoms with Crippen LogP contribution >= 0.6 is 11.3 Å². The lowest BCUT2D eigenvalue weighted by molar-refractivity contribution is 0.230. The van der Waals surface area contributed by atoms with E-state index in [-0.39, 0.29) is 6.03 Å². The minimum atomic E-state index is -0.151. The molecule has 4 rings (SSSR count). The molecule has 0 atom stereocenters. The van der Waals surface area contributed by atoms with E-state index in [4.69, 9.17) is 4.98 Å². The first-order valence-electron chi connectivity index (χ1n) is 8.09. The molecule has 2 amide bonds. The van der Waals surface area contributed by atoms with Gasteiger partial charge in [0.2, 0.25) is 0 Å². The number of carbonyl (C=O) groups is 1.